The Balaban J connectivity index is 2.16. The number of rotatable bonds is 9. The van der Waals surface area contributed by atoms with Crippen molar-refractivity contribution >= 4 is 38.9 Å². The predicted octanol–water partition coefficient (Wildman–Crippen LogP) is 5.91. The van der Waals surface area contributed by atoms with Crippen LogP contribution in [0.15, 0.2) is 47.4 Å². The zero-order valence-corrected chi connectivity index (χ0v) is 22.3. The maximum atomic E-state index is 13.7. The Hall–Kier alpha value is -2.19. The molecule has 0 aliphatic carbocycles. The summed E-state index contributed by atoms with van der Waals surface area (Å²) in [6, 6.07) is 13.3. The molecule has 0 fully saturated rings. The third-order valence-corrected chi connectivity index (χ3v) is 9.80. The molecule has 1 N–H and O–H groups in total. The van der Waals surface area contributed by atoms with Gasteiger partial charge in [-0.25, -0.2) is 8.42 Å². The molecule has 0 spiro atoms. The van der Waals surface area contributed by atoms with Gasteiger partial charge in [-0.1, -0.05) is 44.9 Å². The fraction of sp³-hybridized carbons (Fsp3) is 0.500. The van der Waals surface area contributed by atoms with Gasteiger partial charge < -0.3 is 14.7 Å². The molecule has 1 aliphatic heterocycles. The fourth-order valence-electron chi connectivity index (χ4n) is 4.32. The van der Waals surface area contributed by atoms with Crippen LogP contribution in [0.1, 0.15) is 52.5 Å². The summed E-state index contributed by atoms with van der Waals surface area (Å²) < 4.78 is 32.1. The van der Waals surface area contributed by atoms with E-state index >= 15 is 0 Å². The van der Waals surface area contributed by atoms with E-state index in [9.17, 15) is 18.3 Å². The van der Waals surface area contributed by atoms with Crippen molar-refractivity contribution in [1.82, 2.24) is 0 Å². The Morgan fingerprint density at radius 2 is 1.91 bits per heavy atom. The zero-order valence-electron chi connectivity index (χ0n) is 20.6. The molecule has 0 amide bonds. The molecule has 6 nitrogen and oxygen atoms in total. The van der Waals surface area contributed by atoms with Gasteiger partial charge in [-0.3, -0.25) is 4.79 Å². The Kier molecular flexibility index (Phi) is 7.92. The maximum Gasteiger partial charge on any atom is 0.319 e. The first kappa shape index (κ1) is 26.4. The van der Waals surface area contributed by atoms with E-state index in [-0.39, 0.29) is 10.6 Å². The summed E-state index contributed by atoms with van der Waals surface area (Å²) in [6.45, 7) is 8.04. The minimum atomic E-state index is -3.60. The van der Waals surface area contributed by atoms with Gasteiger partial charge >= 0.3 is 5.97 Å². The van der Waals surface area contributed by atoms with Crippen molar-refractivity contribution < 1.29 is 23.1 Å². The van der Waals surface area contributed by atoms with Crippen LogP contribution in [0.3, 0.4) is 0 Å². The second kappa shape index (κ2) is 10.2. The fourth-order valence-corrected chi connectivity index (χ4v) is 7.30. The average Bonchev–Trinajstić information content (AvgIpc) is 2.87. The van der Waals surface area contributed by atoms with E-state index in [4.69, 9.17) is 4.74 Å². The third-order valence-electron chi connectivity index (χ3n) is 6.37. The Morgan fingerprint density at radius 3 is 2.50 bits per heavy atom. The zero-order chi connectivity index (χ0) is 25.1. The Labute approximate surface area is 207 Å². The van der Waals surface area contributed by atoms with Crippen LogP contribution < -0.4 is 9.64 Å². The highest BCUT2D eigenvalue weighted by Crippen LogP contribution is 2.45. The molecule has 34 heavy (non-hydrogen) atoms. The minimum Gasteiger partial charge on any atom is -0.496 e. The van der Waals surface area contributed by atoms with Crippen LogP contribution in [0.25, 0.3) is 0 Å². The molecule has 0 bridgehead atoms. The number of hydrogen-bond acceptors (Lipinski definition) is 6. The molecule has 2 aromatic carbocycles. The number of thioether (sulfide) groups is 1. The lowest BCUT2D eigenvalue weighted by Gasteiger charge is -2.34. The second-order valence-electron chi connectivity index (χ2n) is 9.83. The van der Waals surface area contributed by atoms with Crippen LogP contribution >= 0.6 is 11.8 Å². The van der Waals surface area contributed by atoms with E-state index in [1.807, 2.05) is 30.3 Å². The SMILES string of the molecule is CCCC[C@@]1(C)CN(c2ccccc2)c2cc(OC)c(CSC(C)(C)C(=O)O)cc2S(=O)(=O)C1. The number of benzene rings is 2. The van der Waals surface area contributed by atoms with Crippen molar-refractivity contribution in [2.24, 2.45) is 5.41 Å². The summed E-state index contributed by atoms with van der Waals surface area (Å²) >= 11 is 1.25. The molecule has 0 unspecified atom stereocenters. The van der Waals surface area contributed by atoms with Gasteiger partial charge in [0.25, 0.3) is 0 Å². The molecule has 8 heteroatoms. The summed E-state index contributed by atoms with van der Waals surface area (Å²) in [5.74, 6) is 0.0288. The van der Waals surface area contributed by atoms with Crippen molar-refractivity contribution in [3.8, 4) is 5.75 Å². The second-order valence-corrected chi connectivity index (χ2v) is 13.4. The number of para-hydroxylation sites is 1. The van der Waals surface area contributed by atoms with E-state index < -0.39 is 26.0 Å². The predicted molar refractivity (Wildman–Crippen MR) is 139 cm³/mol. The lowest BCUT2D eigenvalue weighted by Crippen LogP contribution is -2.35. The number of anilines is 2. The van der Waals surface area contributed by atoms with Gasteiger partial charge in [0.2, 0.25) is 0 Å². The van der Waals surface area contributed by atoms with Gasteiger partial charge in [0.1, 0.15) is 10.5 Å². The standard InChI is InChI=1S/C26H35NO5S2/c1-6-7-13-26(4)17-27(20-11-9-8-10-12-20)21-15-22(32-5)19(14-23(21)34(30,31)18-26)16-33-25(2,3)24(28)29/h8-12,14-15H,6-7,13,16-18H2,1-5H3,(H,28,29)/t26-/m0/s1. The normalized spacial score (nSPS) is 19.9. The summed E-state index contributed by atoms with van der Waals surface area (Å²) in [5.41, 5.74) is 1.79. The Bertz CT molecular complexity index is 1130. The smallest absolute Gasteiger partial charge is 0.319 e. The number of carbonyl (C=O) groups is 1. The molecular weight excluding hydrogens is 470 g/mol. The van der Waals surface area contributed by atoms with E-state index in [1.165, 1.54) is 11.8 Å². The van der Waals surface area contributed by atoms with Crippen molar-refractivity contribution in [3.63, 3.8) is 0 Å². The van der Waals surface area contributed by atoms with Crippen molar-refractivity contribution in [2.75, 3.05) is 24.3 Å². The quantitative estimate of drug-likeness (QED) is 0.453. The molecular formula is C26H35NO5S2. The summed E-state index contributed by atoms with van der Waals surface area (Å²) in [5, 5.41) is 9.49. The molecule has 1 aliphatic rings. The summed E-state index contributed by atoms with van der Waals surface area (Å²) in [7, 11) is -2.04. The van der Waals surface area contributed by atoms with Gasteiger partial charge in [0.05, 0.1) is 23.4 Å². The molecule has 0 saturated heterocycles. The minimum absolute atomic E-state index is 0.0653. The van der Waals surface area contributed by atoms with Gasteiger partial charge in [-0.15, -0.1) is 11.8 Å². The molecule has 1 heterocycles. The number of sulfone groups is 1. The number of fused-ring (bicyclic) bond motifs is 1. The molecule has 0 saturated carbocycles. The van der Waals surface area contributed by atoms with Crippen molar-refractivity contribution in [1.29, 1.82) is 0 Å². The third kappa shape index (κ3) is 5.71. The lowest BCUT2D eigenvalue weighted by molar-refractivity contribution is -0.138. The van der Waals surface area contributed by atoms with E-state index in [1.54, 1.807) is 33.1 Å². The molecule has 2 aromatic rings. The van der Waals surface area contributed by atoms with Gasteiger partial charge in [0.15, 0.2) is 9.84 Å². The highest BCUT2D eigenvalue weighted by molar-refractivity contribution is 8.00. The molecule has 0 radical (unpaired) electrons. The van der Waals surface area contributed by atoms with Crippen LogP contribution in [0.4, 0.5) is 11.4 Å². The lowest BCUT2D eigenvalue weighted by atomic mass is 9.86. The molecule has 0 aromatic heterocycles. The number of aliphatic carboxylic acids is 1. The molecule has 3 rings (SSSR count). The van der Waals surface area contributed by atoms with Crippen LogP contribution in [0.2, 0.25) is 0 Å². The first-order valence-corrected chi connectivity index (χ1v) is 14.2. The number of ether oxygens (including phenoxy) is 1. The summed E-state index contributed by atoms with van der Waals surface area (Å²) in [6.07, 6.45) is 2.77. The number of unbranched alkanes of at least 4 members (excludes halogenated alkanes) is 1. The van der Waals surface area contributed by atoms with E-state index in [0.29, 0.717) is 29.3 Å². The van der Waals surface area contributed by atoms with Gasteiger partial charge in [-0.2, -0.15) is 0 Å². The number of methoxy groups -OCH3 is 1. The molecule has 186 valence electrons. The van der Waals surface area contributed by atoms with Gasteiger partial charge in [-0.05, 0) is 43.9 Å². The van der Waals surface area contributed by atoms with Crippen LogP contribution in [-0.2, 0) is 20.4 Å². The highest BCUT2D eigenvalue weighted by atomic mass is 32.2. The Morgan fingerprint density at radius 1 is 1.24 bits per heavy atom. The van der Waals surface area contributed by atoms with Crippen molar-refractivity contribution in [2.45, 2.75) is 62.4 Å². The largest absolute Gasteiger partial charge is 0.496 e. The van der Waals surface area contributed by atoms with E-state index in [2.05, 4.69) is 18.7 Å². The monoisotopic (exact) mass is 505 g/mol. The highest BCUT2D eigenvalue weighted by Gasteiger charge is 2.40. The van der Waals surface area contributed by atoms with Gasteiger partial charge in [0, 0.05) is 29.6 Å². The van der Waals surface area contributed by atoms with Crippen LogP contribution in [0, 0.1) is 5.41 Å². The molecule has 1 atom stereocenters. The van der Waals surface area contributed by atoms with Crippen molar-refractivity contribution in [3.05, 3.63) is 48.0 Å². The average molecular weight is 506 g/mol. The number of nitrogens with zero attached hydrogens (tertiary/aromatic N) is 1. The number of hydrogen-bond donors (Lipinski definition) is 1. The van der Waals surface area contributed by atoms with E-state index in [0.717, 1.165) is 24.9 Å². The summed E-state index contributed by atoms with van der Waals surface area (Å²) in [4.78, 5) is 14.0. The number of carboxylic acids is 1. The first-order chi connectivity index (χ1) is 15.9. The van der Waals surface area contributed by atoms with Crippen LogP contribution in [-0.4, -0.2) is 43.6 Å². The number of carboxylic acid groups (broad SMARTS) is 1. The topological polar surface area (TPSA) is 83.9 Å². The maximum absolute atomic E-state index is 13.7. The first-order valence-electron chi connectivity index (χ1n) is 11.6. The van der Waals surface area contributed by atoms with Crippen LogP contribution in [0.5, 0.6) is 5.75 Å².